The van der Waals surface area contributed by atoms with E-state index in [0.717, 1.165) is 16.6 Å². The molecule has 0 unspecified atom stereocenters. The lowest BCUT2D eigenvalue weighted by Gasteiger charge is -2.05. The lowest BCUT2D eigenvalue weighted by molar-refractivity contribution is 0.964. The SMILES string of the molecule is NCCNc1nccc(Cc2cccc(Br)c2)n1. The van der Waals surface area contributed by atoms with Crippen molar-refractivity contribution in [2.24, 2.45) is 5.73 Å². The van der Waals surface area contributed by atoms with Gasteiger partial charge in [0.2, 0.25) is 5.95 Å². The van der Waals surface area contributed by atoms with E-state index < -0.39 is 0 Å². The van der Waals surface area contributed by atoms with Crippen molar-refractivity contribution in [3.8, 4) is 0 Å². The maximum atomic E-state index is 5.43. The van der Waals surface area contributed by atoms with Crippen LogP contribution in [0.2, 0.25) is 0 Å². The molecule has 1 aromatic heterocycles. The van der Waals surface area contributed by atoms with E-state index >= 15 is 0 Å². The van der Waals surface area contributed by atoms with Crippen LogP contribution in [-0.4, -0.2) is 23.1 Å². The van der Waals surface area contributed by atoms with Crippen molar-refractivity contribution < 1.29 is 0 Å². The van der Waals surface area contributed by atoms with Gasteiger partial charge in [0.15, 0.2) is 0 Å². The Bertz CT molecular complexity index is 516. The summed E-state index contributed by atoms with van der Waals surface area (Å²) in [5.74, 6) is 0.632. The number of rotatable bonds is 5. The molecule has 0 spiro atoms. The van der Waals surface area contributed by atoms with Gasteiger partial charge in [-0.2, -0.15) is 0 Å². The first-order chi connectivity index (χ1) is 8.78. The Morgan fingerprint density at radius 3 is 2.94 bits per heavy atom. The van der Waals surface area contributed by atoms with Gasteiger partial charge >= 0.3 is 0 Å². The van der Waals surface area contributed by atoms with Gasteiger partial charge in [-0.05, 0) is 23.8 Å². The van der Waals surface area contributed by atoms with Crippen molar-refractivity contribution in [1.29, 1.82) is 0 Å². The minimum atomic E-state index is 0.569. The second-order valence-electron chi connectivity index (χ2n) is 3.89. The fraction of sp³-hybridized carbons (Fsp3) is 0.231. The Morgan fingerprint density at radius 1 is 1.28 bits per heavy atom. The maximum absolute atomic E-state index is 5.43. The van der Waals surface area contributed by atoms with Gasteiger partial charge in [0.05, 0.1) is 5.69 Å². The number of benzene rings is 1. The van der Waals surface area contributed by atoms with E-state index in [4.69, 9.17) is 5.73 Å². The third-order valence-electron chi connectivity index (χ3n) is 2.41. The standard InChI is InChI=1S/C13H15BrN4/c14-11-3-1-2-10(8-11)9-12-4-6-16-13(18-12)17-7-5-15/h1-4,6,8H,5,7,9,15H2,(H,16,17,18). The van der Waals surface area contributed by atoms with Crippen molar-refractivity contribution in [1.82, 2.24) is 9.97 Å². The molecule has 0 aliphatic heterocycles. The van der Waals surface area contributed by atoms with Crippen molar-refractivity contribution in [2.75, 3.05) is 18.4 Å². The highest BCUT2D eigenvalue weighted by Gasteiger charge is 2.01. The number of nitrogens with one attached hydrogen (secondary N) is 1. The molecule has 0 aliphatic rings. The number of nitrogens with zero attached hydrogens (tertiary/aromatic N) is 2. The Labute approximate surface area is 115 Å². The van der Waals surface area contributed by atoms with E-state index in [1.54, 1.807) is 6.20 Å². The summed E-state index contributed by atoms with van der Waals surface area (Å²) in [5.41, 5.74) is 7.64. The van der Waals surface area contributed by atoms with Crippen LogP contribution in [0.15, 0.2) is 41.0 Å². The van der Waals surface area contributed by atoms with Gasteiger partial charge in [0, 0.05) is 30.2 Å². The summed E-state index contributed by atoms with van der Waals surface area (Å²) in [4.78, 5) is 8.59. The van der Waals surface area contributed by atoms with E-state index in [0.29, 0.717) is 19.0 Å². The fourth-order valence-corrected chi connectivity index (χ4v) is 2.07. The highest BCUT2D eigenvalue weighted by atomic mass is 79.9. The number of anilines is 1. The molecular weight excluding hydrogens is 292 g/mol. The molecule has 2 rings (SSSR count). The molecule has 3 N–H and O–H groups in total. The summed E-state index contributed by atoms with van der Waals surface area (Å²) < 4.78 is 1.08. The zero-order valence-corrected chi connectivity index (χ0v) is 11.5. The average molecular weight is 307 g/mol. The van der Waals surface area contributed by atoms with Crippen LogP contribution in [0.5, 0.6) is 0 Å². The van der Waals surface area contributed by atoms with Crippen LogP contribution >= 0.6 is 15.9 Å². The van der Waals surface area contributed by atoms with Crippen molar-refractivity contribution in [2.45, 2.75) is 6.42 Å². The van der Waals surface area contributed by atoms with Gasteiger partial charge in [-0.15, -0.1) is 0 Å². The molecule has 1 heterocycles. The molecule has 0 atom stereocenters. The maximum Gasteiger partial charge on any atom is 0.222 e. The lowest BCUT2D eigenvalue weighted by Crippen LogP contribution is -2.15. The number of hydrogen-bond acceptors (Lipinski definition) is 4. The predicted octanol–water partition coefficient (Wildman–Crippen LogP) is 2.20. The third kappa shape index (κ3) is 3.78. The summed E-state index contributed by atoms with van der Waals surface area (Å²) in [7, 11) is 0. The van der Waals surface area contributed by atoms with Crippen LogP contribution in [0.4, 0.5) is 5.95 Å². The molecule has 5 heteroatoms. The van der Waals surface area contributed by atoms with E-state index in [1.165, 1.54) is 5.56 Å². The van der Waals surface area contributed by atoms with Crippen LogP contribution < -0.4 is 11.1 Å². The van der Waals surface area contributed by atoms with Gasteiger partial charge in [-0.25, -0.2) is 9.97 Å². The number of halogens is 1. The molecule has 1 aromatic carbocycles. The van der Waals surface area contributed by atoms with Crippen molar-refractivity contribution in [3.05, 3.63) is 52.3 Å². The summed E-state index contributed by atoms with van der Waals surface area (Å²) in [6, 6.07) is 10.1. The van der Waals surface area contributed by atoms with Crippen LogP contribution in [0.3, 0.4) is 0 Å². The minimum absolute atomic E-state index is 0.569. The average Bonchev–Trinajstić information content (AvgIpc) is 2.37. The predicted molar refractivity (Wildman–Crippen MR) is 76.5 cm³/mol. The number of hydrogen-bond donors (Lipinski definition) is 2. The minimum Gasteiger partial charge on any atom is -0.353 e. The molecule has 0 radical (unpaired) electrons. The van der Waals surface area contributed by atoms with Crippen molar-refractivity contribution in [3.63, 3.8) is 0 Å². The molecule has 0 fully saturated rings. The van der Waals surface area contributed by atoms with Gasteiger partial charge in [0.1, 0.15) is 0 Å². The van der Waals surface area contributed by atoms with Crippen LogP contribution in [0.1, 0.15) is 11.3 Å². The highest BCUT2D eigenvalue weighted by Crippen LogP contribution is 2.14. The number of aromatic nitrogens is 2. The summed E-state index contributed by atoms with van der Waals surface area (Å²) in [6.07, 6.45) is 2.55. The Hall–Kier alpha value is -1.46. The van der Waals surface area contributed by atoms with Crippen molar-refractivity contribution >= 4 is 21.9 Å². The Morgan fingerprint density at radius 2 is 2.17 bits per heavy atom. The molecule has 2 aromatic rings. The van der Waals surface area contributed by atoms with Gasteiger partial charge in [0.25, 0.3) is 0 Å². The largest absolute Gasteiger partial charge is 0.353 e. The summed E-state index contributed by atoms with van der Waals surface area (Å²) >= 11 is 3.47. The van der Waals surface area contributed by atoms with E-state index in [9.17, 15) is 0 Å². The van der Waals surface area contributed by atoms with E-state index in [2.05, 4.69) is 43.3 Å². The molecule has 0 saturated heterocycles. The van der Waals surface area contributed by atoms with Gasteiger partial charge in [-0.1, -0.05) is 28.1 Å². The van der Waals surface area contributed by atoms with Crippen LogP contribution in [0, 0.1) is 0 Å². The first-order valence-electron chi connectivity index (χ1n) is 5.78. The van der Waals surface area contributed by atoms with E-state index in [1.807, 2.05) is 18.2 Å². The van der Waals surface area contributed by atoms with E-state index in [-0.39, 0.29) is 0 Å². The molecule has 4 nitrogen and oxygen atoms in total. The molecule has 94 valence electrons. The van der Waals surface area contributed by atoms with Crippen LogP contribution in [0.25, 0.3) is 0 Å². The molecule has 0 amide bonds. The number of nitrogens with two attached hydrogens (primary N) is 1. The molecule has 18 heavy (non-hydrogen) atoms. The third-order valence-corrected chi connectivity index (χ3v) is 2.91. The first kappa shape index (κ1) is 13.0. The highest BCUT2D eigenvalue weighted by molar-refractivity contribution is 9.10. The Kier molecular flexibility index (Phi) is 4.66. The quantitative estimate of drug-likeness (QED) is 0.889. The fourth-order valence-electron chi connectivity index (χ4n) is 1.62. The molecular formula is C13H15BrN4. The molecule has 0 bridgehead atoms. The monoisotopic (exact) mass is 306 g/mol. The smallest absolute Gasteiger partial charge is 0.222 e. The molecule has 0 saturated carbocycles. The zero-order chi connectivity index (χ0) is 12.8. The normalized spacial score (nSPS) is 10.3. The first-order valence-corrected chi connectivity index (χ1v) is 6.57. The summed E-state index contributed by atoms with van der Waals surface area (Å²) in [5, 5.41) is 3.08. The topological polar surface area (TPSA) is 63.8 Å². The second-order valence-corrected chi connectivity index (χ2v) is 4.81. The van der Waals surface area contributed by atoms with Crippen LogP contribution in [-0.2, 0) is 6.42 Å². The van der Waals surface area contributed by atoms with Gasteiger partial charge in [-0.3, -0.25) is 0 Å². The lowest BCUT2D eigenvalue weighted by atomic mass is 10.1. The molecule has 0 aliphatic carbocycles. The van der Waals surface area contributed by atoms with Gasteiger partial charge < -0.3 is 11.1 Å². The second kappa shape index (κ2) is 6.47. The zero-order valence-electron chi connectivity index (χ0n) is 9.94. The Balaban J connectivity index is 2.09. The summed E-state index contributed by atoms with van der Waals surface area (Å²) in [6.45, 7) is 1.25.